The Kier molecular flexibility index (Phi) is 7.84. The minimum absolute atomic E-state index is 0.151. The van der Waals surface area contributed by atoms with Crippen molar-refractivity contribution in [3.63, 3.8) is 0 Å². The SMILES string of the molecule is C=CCn1c(SCC(=O)Nc2sc(C)c(-c3ccccc3)c2C(=O)OC)nnc1C1CCCC1. The summed E-state index contributed by atoms with van der Waals surface area (Å²) in [6.07, 6.45) is 6.50. The molecule has 3 aromatic rings. The Labute approximate surface area is 207 Å². The number of carbonyl (C=O) groups excluding carboxylic acids is 2. The largest absolute Gasteiger partial charge is 0.465 e. The van der Waals surface area contributed by atoms with Crippen LogP contribution in [-0.4, -0.2) is 39.5 Å². The zero-order valence-electron chi connectivity index (χ0n) is 19.4. The van der Waals surface area contributed by atoms with Crippen LogP contribution in [0.5, 0.6) is 0 Å². The van der Waals surface area contributed by atoms with Gasteiger partial charge in [-0.15, -0.1) is 28.1 Å². The number of aryl methyl sites for hydroxylation is 1. The van der Waals surface area contributed by atoms with Gasteiger partial charge in [-0.2, -0.15) is 0 Å². The summed E-state index contributed by atoms with van der Waals surface area (Å²) in [6.45, 7) is 6.41. The molecule has 4 rings (SSSR count). The Morgan fingerprint density at radius 2 is 2.00 bits per heavy atom. The fourth-order valence-corrected chi connectivity index (χ4v) is 6.20. The second-order valence-electron chi connectivity index (χ2n) is 8.15. The van der Waals surface area contributed by atoms with E-state index in [1.165, 1.54) is 43.1 Å². The molecule has 9 heteroatoms. The van der Waals surface area contributed by atoms with Crippen LogP contribution in [0.1, 0.15) is 52.7 Å². The lowest BCUT2D eigenvalue weighted by atomic mass is 10.0. The zero-order chi connectivity index (χ0) is 24.1. The second kappa shape index (κ2) is 11.0. The van der Waals surface area contributed by atoms with Crippen LogP contribution in [0, 0.1) is 6.92 Å². The Hall–Kier alpha value is -2.91. The van der Waals surface area contributed by atoms with Crippen LogP contribution in [0.25, 0.3) is 11.1 Å². The Morgan fingerprint density at radius 1 is 1.26 bits per heavy atom. The van der Waals surface area contributed by atoms with Gasteiger partial charge in [0.2, 0.25) is 5.91 Å². The Morgan fingerprint density at radius 3 is 2.68 bits per heavy atom. The van der Waals surface area contributed by atoms with Gasteiger partial charge in [-0.1, -0.05) is 61.0 Å². The van der Waals surface area contributed by atoms with Gasteiger partial charge < -0.3 is 14.6 Å². The van der Waals surface area contributed by atoms with Crippen LogP contribution in [0.15, 0.2) is 48.1 Å². The van der Waals surface area contributed by atoms with E-state index in [4.69, 9.17) is 4.74 Å². The fraction of sp³-hybridized carbons (Fsp3) is 0.360. The van der Waals surface area contributed by atoms with Gasteiger partial charge in [-0.25, -0.2) is 4.79 Å². The number of hydrogen-bond donors (Lipinski definition) is 1. The lowest BCUT2D eigenvalue weighted by Crippen LogP contribution is -2.16. The molecule has 0 atom stereocenters. The first-order valence-corrected chi connectivity index (χ1v) is 13.1. The van der Waals surface area contributed by atoms with E-state index in [0.29, 0.717) is 28.2 Å². The zero-order valence-corrected chi connectivity index (χ0v) is 21.0. The summed E-state index contributed by atoms with van der Waals surface area (Å²) in [5, 5.41) is 12.9. The number of nitrogens with zero attached hydrogens (tertiary/aromatic N) is 3. The number of aromatic nitrogens is 3. The lowest BCUT2D eigenvalue weighted by molar-refractivity contribution is -0.113. The highest BCUT2D eigenvalue weighted by Gasteiger charge is 2.26. The number of carbonyl (C=O) groups is 2. The van der Waals surface area contributed by atoms with Crippen molar-refractivity contribution in [2.24, 2.45) is 0 Å². The molecule has 0 bridgehead atoms. The third-order valence-corrected chi connectivity index (χ3v) is 7.89. The van der Waals surface area contributed by atoms with E-state index in [9.17, 15) is 9.59 Å². The van der Waals surface area contributed by atoms with Gasteiger partial charge in [0.1, 0.15) is 16.4 Å². The van der Waals surface area contributed by atoms with Gasteiger partial charge in [-0.05, 0) is 25.3 Å². The Balaban J connectivity index is 1.52. The Bertz CT molecular complexity index is 1180. The average molecular weight is 497 g/mol. The maximum Gasteiger partial charge on any atom is 0.341 e. The minimum Gasteiger partial charge on any atom is -0.465 e. The molecule has 1 amide bonds. The van der Waals surface area contributed by atoms with E-state index < -0.39 is 5.97 Å². The monoisotopic (exact) mass is 496 g/mol. The minimum atomic E-state index is -0.474. The lowest BCUT2D eigenvalue weighted by Gasteiger charge is -2.12. The maximum atomic E-state index is 12.9. The van der Waals surface area contributed by atoms with E-state index >= 15 is 0 Å². The summed E-state index contributed by atoms with van der Waals surface area (Å²) in [5.41, 5.74) is 2.07. The number of ether oxygens (including phenoxy) is 1. The van der Waals surface area contributed by atoms with Gasteiger partial charge in [0, 0.05) is 22.9 Å². The molecule has 1 saturated carbocycles. The van der Waals surface area contributed by atoms with Crippen LogP contribution < -0.4 is 5.32 Å². The van der Waals surface area contributed by atoms with Crippen LogP contribution in [0.2, 0.25) is 0 Å². The number of thiophene rings is 1. The number of anilines is 1. The molecule has 0 spiro atoms. The first kappa shape index (κ1) is 24.2. The molecule has 1 aliphatic carbocycles. The molecule has 1 fully saturated rings. The summed E-state index contributed by atoms with van der Waals surface area (Å²) < 4.78 is 7.10. The highest BCUT2D eigenvalue weighted by molar-refractivity contribution is 7.99. The van der Waals surface area contributed by atoms with Crippen molar-refractivity contribution in [1.82, 2.24) is 14.8 Å². The normalized spacial score (nSPS) is 13.7. The summed E-state index contributed by atoms with van der Waals surface area (Å²) in [4.78, 5) is 26.5. The standard InChI is InChI=1S/C25H28N4O3S2/c1-4-14-29-22(18-12-8-9-13-18)27-28-25(29)33-15-19(30)26-23-21(24(31)32-3)20(16(2)34-23)17-10-6-5-7-11-17/h4-7,10-11,18H,1,8-9,12-15H2,2-3H3,(H,26,30). The fourth-order valence-electron chi connectivity index (χ4n) is 4.37. The van der Waals surface area contributed by atoms with Crippen LogP contribution >= 0.6 is 23.1 Å². The number of thioether (sulfide) groups is 1. The highest BCUT2D eigenvalue weighted by atomic mass is 32.2. The molecule has 1 N–H and O–H groups in total. The summed E-state index contributed by atoms with van der Waals surface area (Å²) in [6, 6.07) is 9.64. The van der Waals surface area contributed by atoms with E-state index in [-0.39, 0.29) is 11.7 Å². The molecule has 7 nitrogen and oxygen atoms in total. The number of allylic oxidation sites excluding steroid dienone is 1. The molecule has 0 saturated heterocycles. The van der Waals surface area contributed by atoms with Crippen molar-refractivity contribution in [3.05, 3.63) is 59.3 Å². The predicted octanol–water partition coefficient (Wildman–Crippen LogP) is 5.68. The van der Waals surface area contributed by atoms with Crippen LogP contribution in [-0.2, 0) is 16.1 Å². The third-order valence-electron chi connectivity index (χ3n) is 5.90. The van der Waals surface area contributed by atoms with Gasteiger partial charge >= 0.3 is 5.97 Å². The van der Waals surface area contributed by atoms with Gasteiger partial charge in [-0.3, -0.25) is 4.79 Å². The first-order chi connectivity index (χ1) is 16.5. The number of esters is 1. The summed E-state index contributed by atoms with van der Waals surface area (Å²) in [7, 11) is 1.35. The molecule has 0 aliphatic heterocycles. The van der Waals surface area contributed by atoms with E-state index in [2.05, 4.69) is 26.7 Å². The number of amides is 1. The number of benzene rings is 1. The molecule has 178 valence electrons. The van der Waals surface area contributed by atoms with Gasteiger partial charge in [0.05, 0.1) is 12.9 Å². The van der Waals surface area contributed by atoms with Crippen LogP contribution in [0.4, 0.5) is 5.00 Å². The summed E-state index contributed by atoms with van der Waals surface area (Å²) in [5.74, 6) is 0.862. The highest BCUT2D eigenvalue weighted by Crippen LogP contribution is 2.40. The maximum absolute atomic E-state index is 12.9. The van der Waals surface area contributed by atoms with Crippen molar-refractivity contribution >= 4 is 40.0 Å². The number of rotatable bonds is 9. The van der Waals surface area contributed by atoms with Gasteiger partial charge in [0.15, 0.2) is 5.16 Å². The quantitative estimate of drug-likeness (QED) is 0.233. The van der Waals surface area contributed by atoms with Crippen LogP contribution in [0.3, 0.4) is 0 Å². The molecule has 0 unspecified atom stereocenters. The second-order valence-corrected chi connectivity index (χ2v) is 10.3. The first-order valence-electron chi connectivity index (χ1n) is 11.3. The third kappa shape index (κ3) is 5.10. The van der Waals surface area contributed by atoms with E-state index in [0.717, 1.165) is 34.7 Å². The molecule has 1 aromatic carbocycles. The molecular weight excluding hydrogens is 468 g/mol. The van der Waals surface area contributed by atoms with Crippen molar-refractivity contribution in [2.45, 2.75) is 50.2 Å². The molecular formula is C25H28N4O3S2. The smallest absolute Gasteiger partial charge is 0.341 e. The number of nitrogens with one attached hydrogen (secondary N) is 1. The molecule has 1 aliphatic rings. The van der Waals surface area contributed by atoms with Crippen molar-refractivity contribution < 1.29 is 14.3 Å². The molecule has 2 aromatic heterocycles. The van der Waals surface area contributed by atoms with Crippen molar-refractivity contribution in [2.75, 3.05) is 18.2 Å². The number of hydrogen-bond acceptors (Lipinski definition) is 7. The van der Waals surface area contributed by atoms with E-state index in [1.807, 2.05) is 43.3 Å². The molecule has 0 radical (unpaired) electrons. The van der Waals surface area contributed by atoms with Crippen molar-refractivity contribution in [1.29, 1.82) is 0 Å². The molecule has 34 heavy (non-hydrogen) atoms. The van der Waals surface area contributed by atoms with Gasteiger partial charge in [0.25, 0.3) is 0 Å². The topological polar surface area (TPSA) is 86.1 Å². The summed E-state index contributed by atoms with van der Waals surface area (Å²) >= 11 is 2.71. The average Bonchev–Trinajstić information content (AvgIpc) is 3.57. The number of methoxy groups -OCH3 is 1. The van der Waals surface area contributed by atoms with E-state index in [1.54, 1.807) is 0 Å². The van der Waals surface area contributed by atoms with Crippen molar-refractivity contribution in [3.8, 4) is 11.1 Å². The predicted molar refractivity (Wildman–Crippen MR) is 137 cm³/mol. The molecule has 2 heterocycles.